The lowest BCUT2D eigenvalue weighted by Crippen LogP contribution is -2.38. The van der Waals surface area contributed by atoms with Gasteiger partial charge in [-0.15, -0.1) is 0 Å². The van der Waals surface area contributed by atoms with Crippen LogP contribution in [0.3, 0.4) is 0 Å². The van der Waals surface area contributed by atoms with Gasteiger partial charge in [0.05, 0.1) is 13.2 Å². The van der Waals surface area contributed by atoms with E-state index in [2.05, 4.69) is 18.0 Å². The number of morpholine rings is 1. The zero-order valence-corrected chi connectivity index (χ0v) is 10.7. The molecule has 1 aliphatic heterocycles. The van der Waals surface area contributed by atoms with Crippen LogP contribution in [0.4, 0.5) is 0 Å². The second kappa shape index (κ2) is 5.85. The van der Waals surface area contributed by atoms with Gasteiger partial charge in [-0.25, -0.2) is 0 Å². The second-order valence-corrected chi connectivity index (χ2v) is 8.95. The fraction of sp³-hybridized carbons (Fsp3) is 1.00. The maximum Gasteiger partial charge on any atom is 0.186 e. The molecule has 3 nitrogen and oxygen atoms in total. The Bertz CT molecular complexity index is 158. The lowest BCUT2D eigenvalue weighted by Gasteiger charge is -2.28. The van der Waals surface area contributed by atoms with E-state index in [9.17, 15) is 0 Å². The largest absolute Gasteiger partial charge is 0.420 e. The summed E-state index contributed by atoms with van der Waals surface area (Å²) in [6, 6.07) is 1.26. The predicted octanol–water partition coefficient (Wildman–Crippen LogP) is 1.56. The molecule has 1 aliphatic rings. The van der Waals surface area contributed by atoms with Crippen LogP contribution in [0.5, 0.6) is 0 Å². The van der Waals surface area contributed by atoms with Crippen LogP contribution in [0.25, 0.3) is 0 Å². The normalized spacial score (nSPS) is 19.9. The van der Waals surface area contributed by atoms with E-state index in [0.29, 0.717) is 0 Å². The van der Waals surface area contributed by atoms with Crippen molar-refractivity contribution in [3.63, 3.8) is 0 Å². The number of hydrogen-bond acceptors (Lipinski definition) is 3. The minimum Gasteiger partial charge on any atom is -0.420 e. The summed E-state index contributed by atoms with van der Waals surface area (Å²) in [6.45, 7) is 9.81. The molecule has 0 N–H and O–H groups in total. The molecule has 4 heteroatoms. The molecule has 0 aliphatic carbocycles. The van der Waals surface area contributed by atoms with E-state index >= 15 is 0 Å². The van der Waals surface area contributed by atoms with Crippen LogP contribution < -0.4 is 0 Å². The van der Waals surface area contributed by atoms with Crippen LogP contribution in [0.1, 0.15) is 6.42 Å². The summed E-state index contributed by atoms with van der Waals surface area (Å²) in [4.78, 5) is 2.49. The summed E-state index contributed by atoms with van der Waals surface area (Å²) in [5, 5.41) is 0. The summed E-state index contributed by atoms with van der Waals surface area (Å²) in [5.74, 6) is 0. The molecule has 0 spiro atoms. The van der Waals surface area contributed by atoms with Crippen LogP contribution >= 0.6 is 0 Å². The molecule has 0 radical (unpaired) electrons. The molecule has 1 saturated heterocycles. The Hall–Kier alpha value is 0.0969. The molecule has 0 saturated carbocycles. The third kappa shape index (κ3) is 4.55. The van der Waals surface area contributed by atoms with E-state index in [1.807, 2.05) is 7.11 Å². The van der Waals surface area contributed by atoms with Crippen molar-refractivity contribution in [3.05, 3.63) is 0 Å². The second-order valence-electron chi connectivity index (χ2n) is 4.52. The third-order valence-corrected chi connectivity index (χ3v) is 5.57. The van der Waals surface area contributed by atoms with Gasteiger partial charge in [-0.1, -0.05) is 0 Å². The van der Waals surface area contributed by atoms with E-state index in [4.69, 9.17) is 9.16 Å². The first-order valence-electron chi connectivity index (χ1n) is 5.49. The first-order chi connectivity index (χ1) is 6.64. The molecule has 14 heavy (non-hydrogen) atoms. The van der Waals surface area contributed by atoms with Gasteiger partial charge in [0.25, 0.3) is 0 Å². The van der Waals surface area contributed by atoms with Crippen LogP contribution in [-0.4, -0.2) is 53.2 Å². The van der Waals surface area contributed by atoms with Gasteiger partial charge in [-0.05, 0) is 32.1 Å². The Labute approximate surface area is 88.5 Å². The summed E-state index contributed by atoms with van der Waals surface area (Å²) >= 11 is 0. The minimum atomic E-state index is -1.32. The minimum absolute atomic E-state index is 0.908. The van der Waals surface area contributed by atoms with Gasteiger partial charge in [-0.2, -0.15) is 0 Å². The maximum atomic E-state index is 5.52. The average molecular weight is 217 g/mol. The van der Waals surface area contributed by atoms with Gasteiger partial charge in [0.2, 0.25) is 0 Å². The highest BCUT2D eigenvalue weighted by Crippen LogP contribution is 2.13. The van der Waals surface area contributed by atoms with Crippen LogP contribution in [0.15, 0.2) is 0 Å². The molecule has 0 aromatic carbocycles. The van der Waals surface area contributed by atoms with Crippen LogP contribution in [0.2, 0.25) is 19.1 Å². The van der Waals surface area contributed by atoms with Crippen molar-refractivity contribution in [1.82, 2.24) is 4.90 Å². The first kappa shape index (κ1) is 12.2. The fourth-order valence-electron chi connectivity index (χ4n) is 1.66. The summed E-state index contributed by atoms with van der Waals surface area (Å²) in [6.07, 6.45) is 1.27. The van der Waals surface area contributed by atoms with Gasteiger partial charge in [0.1, 0.15) is 0 Å². The van der Waals surface area contributed by atoms with Crippen LogP contribution in [-0.2, 0) is 9.16 Å². The molecular formula is C10H23NO2Si. The van der Waals surface area contributed by atoms with E-state index < -0.39 is 8.32 Å². The average Bonchev–Trinajstić information content (AvgIpc) is 2.19. The highest BCUT2D eigenvalue weighted by molar-refractivity contribution is 6.71. The van der Waals surface area contributed by atoms with E-state index in [1.54, 1.807) is 0 Å². The molecule has 84 valence electrons. The van der Waals surface area contributed by atoms with Gasteiger partial charge in [0, 0.05) is 20.2 Å². The molecule has 1 rings (SSSR count). The van der Waals surface area contributed by atoms with E-state index in [1.165, 1.54) is 19.0 Å². The maximum absolute atomic E-state index is 5.52. The van der Waals surface area contributed by atoms with Crippen molar-refractivity contribution >= 4 is 8.32 Å². The number of ether oxygens (including phenoxy) is 1. The van der Waals surface area contributed by atoms with Gasteiger partial charge >= 0.3 is 0 Å². The molecule has 0 amide bonds. The summed E-state index contributed by atoms with van der Waals surface area (Å²) < 4.78 is 10.8. The molecule has 0 unspecified atom stereocenters. The molecule has 1 fully saturated rings. The lowest BCUT2D eigenvalue weighted by atomic mass is 10.3. The SMILES string of the molecule is CO[Si](C)(C)CCCN1CCOCC1. The smallest absolute Gasteiger partial charge is 0.186 e. The van der Waals surface area contributed by atoms with Crippen molar-refractivity contribution in [2.24, 2.45) is 0 Å². The zero-order valence-electron chi connectivity index (χ0n) is 9.71. The first-order valence-corrected chi connectivity index (χ1v) is 8.61. The zero-order chi connectivity index (χ0) is 10.4. The van der Waals surface area contributed by atoms with E-state index in [0.717, 1.165) is 26.3 Å². The Morgan fingerprint density at radius 2 is 1.93 bits per heavy atom. The summed E-state index contributed by atoms with van der Waals surface area (Å²) in [7, 11) is 0.528. The monoisotopic (exact) mass is 217 g/mol. The van der Waals surface area contributed by atoms with Crippen molar-refractivity contribution in [3.8, 4) is 0 Å². The molecular weight excluding hydrogens is 194 g/mol. The quantitative estimate of drug-likeness (QED) is 0.652. The fourth-order valence-corrected chi connectivity index (χ4v) is 2.87. The molecule has 0 aromatic heterocycles. The van der Waals surface area contributed by atoms with Crippen LogP contribution in [0, 0.1) is 0 Å². The van der Waals surface area contributed by atoms with Gasteiger partial charge in [0.15, 0.2) is 8.32 Å². The Balaban J connectivity index is 2.08. The standard InChI is InChI=1S/C10H23NO2Si/c1-12-14(2,3)10-4-5-11-6-8-13-9-7-11/h4-10H2,1-3H3. The van der Waals surface area contributed by atoms with Crippen molar-refractivity contribution in [2.45, 2.75) is 25.6 Å². The predicted molar refractivity (Wildman–Crippen MR) is 61.2 cm³/mol. The third-order valence-electron chi connectivity index (χ3n) is 2.91. The van der Waals surface area contributed by atoms with Gasteiger partial charge < -0.3 is 9.16 Å². The number of hydrogen-bond donors (Lipinski definition) is 0. The summed E-state index contributed by atoms with van der Waals surface area (Å²) in [5.41, 5.74) is 0. The molecule has 0 bridgehead atoms. The van der Waals surface area contributed by atoms with Crippen molar-refractivity contribution in [2.75, 3.05) is 40.0 Å². The molecule has 1 heterocycles. The molecule has 0 aromatic rings. The van der Waals surface area contributed by atoms with Gasteiger partial charge in [-0.3, -0.25) is 4.90 Å². The Morgan fingerprint density at radius 3 is 2.50 bits per heavy atom. The highest BCUT2D eigenvalue weighted by atomic mass is 28.4. The number of rotatable bonds is 5. The topological polar surface area (TPSA) is 21.7 Å². The Kier molecular flexibility index (Phi) is 5.09. The van der Waals surface area contributed by atoms with Crippen molar-refractivity contribution < 1.29 is 9.16 Å². The lowest BCUT2D eigenvalue weighted by molar-refractivity contribution is 0.0379. The number of nitrogens with zero attached hydrogens (tertiary/aromatic N) is 1. The van der Waals surface area contributed by atoms with Crippen molar-refractivity contribution in [1.29, 1.82) is 0 Å². The van der Waals surface area contributed by atoms with E-state index in [-0.39, 0.29) is 0 Å². The molecule has 0 atom stereocenters. The highest BCUT2D eigenvalue weighted by Gasteiger charge is 2.20. The Morgan fingerprint density at radius 1 is 1.29 bits per heavy atom.